The number of benzene rings is 1. The second-order valence-electron chi connectivity index (χ2n) is 5.46. The van der Waals surface area contributed by atoms with Crippen molar-refractivity contribution in [1.82, 2.24) is 5.16 Å². The fraction of sp³-hybridized carbons (Fsp3) is 0.176. The summed E-state index contributed by atoms with van der Waals surface area (Å²) in [5, 5.41) is 8.85. The Morgan fingerprint density at radius 3 is 2.68 bits per heavy atom. The van der Waals surface area contributed by atoms with Gasteiger partial charge in [-0.15, -0.1) is 11.3 Å². The van der Waals surface area contributed by atoms with Crippen LogP contribution in [0.25, 0.3) is 10.6 Å². The van der Waals surface area contributed by atoms with Gasteiger partial charge in [0.1, 0.15) is 5.69 Å². The summed E-state index contributed by atoms with van der Waals surface area (Å²) in [5.41, 5.74) is 1.40. The zero-order valence-electron chi connectivity index (χ0n) is 11.8. The van der Waals surface area contributed by atoms with Gasteiger partial charge in [-0.3, -0.25) is 10.1 Å². The third kappa shape index (κ3) is 2.23. The van der Waals surface area contributed by atoms with Gasteiger partial charge in [-0.1, -0.05) is 41.6 Å². The van der Waals surface area contributed by atoms with Crippen LogP contribution in [-0.2, 0) is 10.2 Å². The normalized spacial score (nSPS) is 15.5. The Bertz CT molecular complexity index is 789. The Labute approximate surface area is 131 Å². The summed E-state index contributed by atoms with van der Waals surface area (Å²) in [6, 6.07) is 15.6. The third-order valence-corrected chi connectivity index (χ3v) is 4.92. The minimum absolute atomic E-state index is 0.0208. The molecule has 1 aliphatic rings. The maximum absolute atomic E-state index is 12.6. The van der Waals surface area contributed by atoms with E-state index < -0.39 is 5.41 Å². The van der Waals surface area contributed by atoms with E-state index in [1.165, 1.54) is 0 Å². The van der Waals surface area contributed by atoms with Gasteiger partial charge < -0.3 is 4.52 Å². The van der Waals surface area contributed by atoms with Crippen LogP contribution in [0.3, 0.4) is 0 Å². The molecule has 4 nitrogen and oxygen atoms in total. The van der Waals surface area contributed by atoms with E-state index in [0.29, 0.717) is 5.88 Å². The van der Waals surface area contributed by atoms with Gasteiger partial charge in [-0.05, 0) is 29.9 Å². The number of hydrogen-bond donors (Lipinski definition) is 1. The molecule has 0 unspecified atom stereocenters. The Kier molecular flexibility index (Phi) is 3.08. The van der Waals surface area contributed by atoms with Crippen LogP contribution < -0.4 is 5.32 Å². The molecule has 1 fully saturated rings. The largest absolute Gasteiger partial charge is 0.338 e. The number of carbonyl (C=O) groups excluding carboxylic acids is 1. The molecular formula is C17H14N2O2S. The smallest absolute Gasteiger partial charge is 0.237 e. The summed E-state index contributed by atoms with van der Waals surface area (Å²) in [6.07, 6.45) is 1.74. The van der Waals surface area contributed by atoms with E-state index in [4.69, 9.17) is 4.52 Å². The standard InChI is InChI=1S/C17H14N2O2S/c20-16(17(8-9-17)12-5-2-1-3-6-12)18-15-11-13(19-21-15)14-7-4-10-22-14/h1-7,10-11H,8-9H2,(H,18,20). The molecule has 0 spiro atoms. The van der Waals surface area contributed by atoms with Crippen molar-refractivity contribution < 1.29 is 9.32 Å². The minimum Gasteiger partial charge on any atom is -0.338 e. The average Bonchev–Trinajstić information content (AvgIpc) is 2.97. The highest BCUT2D eigenvalue weighted by atomic mass is 32.1. The molecule has 1 aromatic carbocycles. The van der Waals surface area contributed by atoms with Crippen molar-refractivity contribution in [3.05, 3.63) is 59.5 Å². The lowest BCUT2D eigenvalue weighted by Gasteiger charge is -2.13. The number of thiophene rings is 1. The monoisotopic (exact) mass is 310 g/mol. The maximum Gasteiger partial charge on any atom is 0.237 e. The van der Waals surface area contributed by atoms with Crippen LogP contribution in [0.4, 0.5) is 5.88 Å². The number of hydrogen-bond acceptors (Lipinski definition) is 4. The van der Waals surface area contributed by atoms with Crippen molar-refractivity contribution in [1.29, 1.82) is 0 Å². The molecule has 1 saturated carbocycles. The van der Waals surface area contributed by atoms with E-state index >= 15 is 0 Å². The van der Waals surface area contributed by atoms with Gasteiger partial charge in [0, 0.05) is 6.07 Å². The van der Waals surface area contributed by atoms with Gasteiger partial charge in [0.15, 0.2) is 0 Å². The fourth-order valence-corrected chi connectivity index (χ4v) is 3.31. The first-order chi connectivity index (χ1) is 10.8. The zero-order chi connectivity index (χ0) is 15.0. The lowest BCUT2D eigenvalue weighted by molar-refractivity contribution is -0.118. The highest BCUT2D eigenvalue weighted by Gasteiger charge is 2.51. The highest BCUT2D eigenvalue weighted by molar-refractivity contribution is 7.13. The van der Waals surface area contributed by atoms with Gasteiger partial charge in [-0.2, -0.15) is 0 Å². The molecule has 1 aliphatic carbocycles. The Morgan fingerprint density at radius 1 is 1.18 bits per heavy atom. The van der Waals surface area contributed by atoms with Crippen molar-refractivity contribution in [3.8, 4) is 10.6 Å². The number of rotatable bonds is 4. The number of nitrogens with one attached hydrogen (secondary N) is 1. The van der Waals surface area contributed by atoms with Crippen LogP contribution in [0.15, 0.2) is 58.4 Å². The van der Waals surface area contributed by atoms with Crippen LogP contribution in [0.1, 0.15) is 18.4 Å². The molecule has 1 amide bonds. The molecular weight excluding hydrogens is 296 g/mol. The zero-order valence-corrected chi connectivity index (χ0v) is 12.6. The lowest BCUT2D eigenvalue weighted by atomic mass is 9.95. The van der Waals surface area contributed by atoms with Crippen molar-refractivity contribution in [2.24, 2.45) is 0 Å². The first-order valence-electron chi connectivity index (χ1n) is 7.15. The van der Waals surface area contributed by atoms with E-state index in [0.717, 1.165) is 29.0 Å². The quantitative estimate of drug-likeness (QED) is 0.790. The SMILES string of the molecule is O=C(Nc1cc(-c2cccs2)no1)C1(c2ccccc2)CC1. The van der Waals surface area contributed by atoms with Gasteiger partial charge in [-0.25, -0.2) is 0 Å². The molecule has 0 saturated heterocycles. The molecule has 110 valence electrons. The number of anilines is 1. The summed E-state index contributed by atoms with van der Waals surface area (Å²) in [7, 11) is 0. The number of nitrogens with zero attached hydrogens (tertiary/aromatic N) is 1. The first-order valence-corrected chi connectivity index (χ1v) is 8.03. The van der Waals surface area contributed by atoms with Crippen molar-refractivity contribution >= 4 is 23.1 Å². The fourth-order valence-electron chi connectivity index (χ4n) is 2.64. The lowest BCUT2D eigenvalue weighted by Crippen LogP contribution is -2.27. The molecule has 22 heavy (non-hydrogen) atoms. The van der Waals surface area contributed by atoms with Crippen LogP contribution in [0.2, 0.25) is 0 Å². The van der Waals surface area contributed by atoms with Crippen LogP contribution in [0.5, 0.6) is 0 Å². The van der Waals surface area contributed by atoms with E-state index in [1.807, 2.05) is 47.8 Å². The molecule has 0 radical (unpaired) electrons. The molecule has 0 atom stereocenters. The minimum atomic E-state index is -0.406. The second kappa shape index (κ2) is 5.10. The maximum atomic E-state index is 12.6. The van der Waals surface area contributed by atoms with Crippen LogP contribution in [-0.4, -0.2) is 11.1 Å². The number of amides is 1. The van der Waals surface area contributed by atoms with E-state index in [2.05, 4.69) is 10.5 Å². The summed E-state index contributed by atoms with van der Waals surface area (Å²) in [4.78, 5) is 13.6. The van der Waals surface area contributed by atoms with Gasteiger partial charge in [0.25, 0.3) is 0 Å². The first kappa shape index (κ1) is 13.3. The Balaban J connectivity index is 1.53. The molecule has 0 bridgehead atoms. The molecule has 2 heterocycles. The van der Waals surface area contributed by atoms with Crippen molar-refractivity contribution in [2.45, 2.75) is 18.3 Å². The molecule has 1 N–H and O–H groups in total. The van der Waals surface area contributed by atoms with E-state index in [1.54, 1.807) is 17.4 Å². The predicted molar refractivity (Wildman–Crippen MR) is 85.8 cm³/mol. The number of aromatic nitrogens is 1. The topological polar surface area (TPSA) is 55.1 Å². The highest BCUT2D eigenvalue weighted by Crippen LogP contribution is 2.49. The van der Waals surface area contributed by atoms with Crippen LogP contribution >= 0.6 is 11.3 Å². The summed E-state index contributed by atoms with van der Waals surface area (Å²) >= 11 is 1.59. The van der Waals surface area contributed by atoms with Crippen LogP contribution in [0, 0.1) is 0 Å². The second-order valence-corrected chi connectivity index (χ2v) is 6.40. The average molecular weight is 310 g/mol. The summed E-state index contributed by atoms with van der Waals surface area (Å²) in [6.45, 7) is 0. The van der Waals surface area contributed by atoms with Gasteiger partial charge in [0.2, 0.25) is 11.8 Å². The molecule has 5 heteroatoms. The summed E-state index contributed by atoms with van der Waals surface area (Å²) in [5.74, 6) is 0.378. The van der Waals surface area contributed by atoms with Crippen molar-refractivity contribution in [3.63, 3.8) is 0 Å². The molecule has 2 aromatic heterocycles. The predicted octanol–water partition coefficient (Wildman–Crippen LogP) is 4.07. The molecule has 4 rings (SSSR count). The Hall–Kier alpha value is -2.40. The Morgan fingerprint density at radius 2 is 2.00 bits per heavy atom. The molecule has 3 aromatic rings. The van der Waals surface area contributed by atoms with Crippen molar-refractivity contribution in [2.75, 3.05) is 5.32 Å². The summed E-state index contributed by atoms with van der Waals surface area (Å²) < 4.78 is 5.24. The van der Waals surface area contributed by atoms with Gasteiger partial charge in [0.05, 0.1) is 10.3 Å². The van der Waals surface area contributed by atoms with E-state index in [-0.39, 0.29) is 5.91 Å². The van der Waals surface area contributed by atoms with Gasteiger partial charge >= 0.3 is 0 Å². The molecule has 0 aliphatic heterocycles. The number of carbonyl (C=O) groups is 1. The van der Waals surface area contributed by atoms with E-state index in [9.17, 15) is 4.79 Å². The third-order valence-electron chi connectivity index (χ3n) is 4.03.